The lowest BCUT2D eigenvalue weighted by Crippen LogP contribution is -2.64. The van der Waals surface area contributed by atoms with Crippen molar-refractivity contribution in [3.63, 3.8) is 0 Å². The molecular formula is C26H30N8O2. The fraction of sp³-hybridized carbons (Fsp3) is 0.346. The molecule has 0 spiro atoms. The van der Waals surface area contributed by atoms with Crippen LogP contribution in [0.1, 0.15) is 46.0 Å². The van der Waals surface area contributed by atoms with Crippen LogP contribution >= 0.6 is 0 Å². The molecular weight excluding hydrogens is 456 g/mol. The first-order valence-corrected chi connectivity index (χ1v) is 11.5. The van der Waals surface area contributed by atoms with Crippen molar-refractivity contribution >= 4 is 28.8 Å². The first kappa shape index (κ1) is 19.0. The van der Waals surface area contributed by atoms with Crippen molar-refractivity contribution in [1.29, 1.82) is 0 Å². The Morgan fingerprint density at radius 3 is 2.78 bits per heavy atom. The van der Waals surface area contributed by atoms with Gasteiger partial charge in [0.15, 0.2) is 5.82 Å². The molecule has 2 amide bonds. The summed E-state index contributed by atoms with van der Waals surface area (Å²) < 4.78 is 34.3. The van der Waals surface area contributed by atoms with Crippen molar-refractivity contribution in [1.82, 2.24) is 29.3 Å². The Hall–Kier alpha value is -4.21. The summed E-state index contributed by atoms with van der Waals surface area (Å²) >= 11 is 0. The van der Waals surface area contributed by atoms with Gasteiger partial charge in [0.05, 0.1) is 13.3 Å². The normalized spacial score (nSPS) is 19.4. The van der Waals surface area contributed by atoms with E-state index in [0.717, 1.165) is 10.2 Å². The van der Waals surface area contributed by atoms with Gasteiger partial charge in [-0.2, -0.15) is 10.2 Å². The summed E-state index contributed by atoms with van der Waals surface area (Å²) in [6.07, 6.45) is 4.32. The second-order valence-corrected chi connectivity index (χ2v) is 9.34. The van der Waals surface area contributed by atoms with Crippen LogP contribution in [-0.2, 0) is 9.59 Å². The number of hydrogen-bond donors (Lipinski definition) is 1. The summed E-state index contributed by atoms with van der Waals surface area (Å²) in [5, 5.41) is 8.59. The number of aromatic nitrogens is 5. The third-order valence-electron chi connectivity index (χ3n) is 6.64. The highest BCUT2D eigenvalue weighted by Crippen LogP contribution is 2.36. The van der Waals surface area contributed by atoms with E-state index in [1.54, 1.807) is 28.2 Å². The van der Waals surface area contributed by atoms with Gasteiger partial charge in [-0.25, -0.2) is 9.50 Å². The van der Waals surface area contributed by atoms with E-state index >= 15 is 0 Å². The number of piperazine rings is 1. The summed E-state index contributed by atoms with van der Waals surface area (Å²) in [5.41, 5.74) is 9.01. The second kappa shape index (κ2) is 8.47. The molecule has 1 saturated heterocycles. The predicted octanol–water partition coefficient (Wildman–Crippen LogP) is 3.40. The largest absolute Gasteiger partial charge is 0.382 e. The number of carbonyl (C=O) groups is 2. The molecule has 1 atom stereocenters. The Labute approximate surface area is 214 Å². The summed E-state index contributed by atoms with van der Waals surface area (Å²) in [6, 6.07) is 7.30. The van der Waals surface area contributed by atoms with Gasteiger partial charge in [0.2, 0.25) is 5.91 Å². The Balaban J connectivity index is 1.59. The summed E-state index contributed by atoms with van der Waals surface area (Å²) in [4.78, 5) is 32.9. The van der Waals surface area contributed by atoms with E-state index in [0.29, 0.717) is 41.1 Å². The van der Waals surface area contributed by atoms with Crippen molar-refractivity contribution in [3.05, 3.63) is 49.1 Å². The highest BCUT2D eigenvalue weighted by Gasteiger charge is 2.43. The second-order valence-electron chi connectivity index (χ2n) is 9.34. The van der Waals surface area contributed by atoms with Gasteiger partial charge >= 0.3 is 0 Å². The summed E-state index contributed by atoms with van der Waals surface area (Å²) in [5.74, 6) is -0.121. The number of nitrogen functional groups attached to an aromatic ring is 1. The SMILES string of the molecule is [2H]C([2H])([2H])C([2H])(C)n1cc(-c2cc(-c3cccc(N4CCN(C(C)=O)C(C)(C)C4=O)c3)n3ncnc(N)c23)cn1. The highest BCUT2D eigenvalue weighted by atomic mass is 16.2. The van der Waals surface area contributed by atoms with E-state index in [1.165, 1.54) is 32.6 Å². The molecule has 1 fully saturated rings. The lowest BCUT2D eigenvalue weighted by atomic mass is 9.96. The minimum Gasteiger partial charge on any atom is -0.382 e. The molecule has 0 bridgehead atoms. The molecule has 36 heavy (non-hydrogen) atoms. The van der Waals surface area contributed by atoms with Gasteiger partial charge in [0.25, 0.3) is 5.91 Å². The van der Waals surface area contributed by atoms with Crippen LogP contribution in [0.5, 0.6) is 0 Å². The molecule has 1 aliphatic rings. The van der Waals surface area contributed by atoms with Crippen LogP contribution in [0.2, 0.25) is 0 Å². The third-order valence-corrected chi connectivity index (χ3v) is 6.64. The molecule has 2 N–H and O–H groups in total. The molecule has 0 radical (unpaired) electrons. The van der Waals surface area contributed by atoms with Gasteiger partial charge in [0, 0.05) is 58.7 Å². The topological polar surface area (TPSA) is 115 Å². The molecule has 10 nitrogen and oxygen atoms in total. The van der Waals surface area contributed by atoms with Gasteiger partial charge in [-0.15, -0.1) is 0 Å². The van der Waals surface area contributed by atoms with Gasteiger partial charge < -0.3 is 15.5 Å². The van der Waals surface area contributed by atoms with E-state index in [2.05, 4.69) is 15.2 Å². The van der Waals surface area contributed by atoms with E-state index in [9.17, 15) is 9.59 Å². The minimum absolute atomic E-state index is 0.149. The predicted molar refractivity (Wildman–Crippen MR) is 138 cm³/mol. The van der Waals surface area contributed by atoms with Crippen LogP contribution in [0.25, 0.3) is 27.9 Å². The van der Waals surface area contributed by atoms with E-state index in [4.69, 9.17) is 11.2 Å². The summed E-state index contributed by atoms with van der Waals surface area (Å²) in [6.45, 7) is 4.40. The number of nitrogens with two attached hydrogens (primary N) is 1. The quantitative estimate of drug-likeness (QED) is 0.469. The Morgan fingerprint density at radius 2 is 2.03 bits per heavy atom. The first-order valence-electron chi connectivity index (χ1n) is 13.5. The standard InChI is InChI=1S/C26H30N8O2/c1-16(2)33-14-19(13-29-33)21-12-22(34-23(21)24(27)28-15-30-34)18-7-6-8-20(11-18)31-9-10-32(17(3)35)26(4,5)25(31)36/h6-8,11-16H,9-10H2,1-5H3,(H2,27,28,30)/i1D3,16D. The van der Waals surface area contributed by atoms with Crippen LogP contribution in [0.15, 0.2) is 49.1 Å². The lowest BCUT2D eigenvalue weighted by molar-refractivity contribution is -0.145. The Bertz CT molecular complexity index is 1640. The first-order chi connectivity index (χ1) is 18.6. The zero-order valence-electron chi connectivity index (χ0n) is 24.6. The van der Waals surface area contributed by atoms with Crippen molar-refractivity contribution in [3.8, 4) is 22.4 Å². The van der Waals surface area contributed by atoms with Crippen molar-refractivity contribution in [2.24, 2.45) is 0 Å². The number of carbonyl (C=O) groups excluding carboxylic acids is 2. The number of anilines is 2. The van der Waals surface area contributed by atoms with Crippen molar-refractivity contribution in [2.45, 2.75) is 46.1 Å². The molecule has 0 saturated carbocycles. The third kappa shape index (κ3) is 3.69. The molecule has 3 aromatic heterocycles. The summed E-state index contributed by atoms with van der Waals surface area (Å²) in [7, 11) is 0. The number of fused-ring (bicyclic) bond motifs is 1. The molecule has 1 unspecified atom stereocenters. The van der Waals surface area contributed by atoms with Crippen LogP contribution in [-0.4, -0.2) is 59.7 Å². The van der Waals surface area contributed by atoms with Crippen molar-refractivity contribution < 1.29 is 15.1 Å². The Morgan fingerprint density at radius 1 is 1.22 bits per heavy atom. The molecule has 186 valence electrons. The fourth-order valence-electron chi connectivity index (χ4n) is 4.80. The number of benzene rings is 1. The molecule has 10 heteroatoms. The van der Waals surface area contributed by atoms with E-state index in [1.807, 2.05) is 30.3 Å². The molecule has 4 heterocycles. The smallest absolute Gasteiger partial charge is 0.252 e. The van der Waals surface area contributed by atoms with Crippen LogP contribution in [0.4, 0.5) is 11.5 Å². The number of amides is 2. The average Bonchev–Trinajstić information content (AvgIpc) is 3.51. The van der Waals surface area contributed by atoms with Crippen LogP contribution in [0, 0.1) is 0 Å². The van der Waals surface area contributed by atoms with Gasteiger partial charge in [0.1, 0.15) is 17.4 Å². The fourth-order valence-corrected chi connectivity index (χ4v) is 4.80. The molecule has 1 aliphatic heterocycles. The molecule has 0 aliphatic carbocycles. The van der Waals surface area contributed by atoms with Gasteiger partial charge in [-0.1, -0.05) is 12.1 Å². The zero-order chi connectivity index (χ0) is 29.2. The average molecular weight is 491 g/mol. The maximum Gasteiger partial charge on any atom is 0.252 e. The van der Waals surface area contributed by atoms with Gasteiger partial charge in [-0.3, -0.25) is 14.3 Å². The zero-order valence-corrected chi connectivity index (χ0v) is 20.6. The number of nitrogens with zero attached hydrogens (tertiary/aromatic N) is 7. The van der Waals surface area contributed by atoms with Crippen LogP contribution in [0.3, 0.4) is 0 Å². The maximum atomic E-state index is 13.4. The lowest BCUT2D eigenvalue weighted by Gasteiger charge is -2.45. The van der Waals surface area contributed by atoms with Crippen LogP contribution < -0.4 is 10.6 Å². The molecule has 4 aromatic rings. The van der Waals surface area contributed by atoms with E-state index < -0.39 is 18.4 Å². The number of rotatable bonds is 4. The molecule has 5 rings (SSSR count). The highest BCUT2D eigenvalue weighted by molar-refractivity contribution is 6.03. The Kier molecular flexibility index (Phi) is 4.48. The maximum absolute atomic E-state index is 13.4. The molecule has 1 aromatic carbocycles. The number of hydrogen-bond acceptors (Lipinski definition) is 6. The van der Waals surface area contributed by atoms with Gasteiger partial charge in [-0.05, 0) is 45.8 Å². The monoisotopic (exact) mass is 490 g/mol. The van der Waals surface area contributed by atoms with Crippen molar-refractivity contribution in [2.75, 3.05) is 23.7 Å². The minimum atomic E-state index is -2.60. The van der Waals surface area contributed by atoms with E-state index in [-0.39, 0.29) is 17.6 Å².